The van der Waals surface area contributed by atoms with Gasteiger partial charge in [-0.15, -0.1) is 5.11 Å². The summed E-state index contributed by atoms with van der Waals surface area (Å²) in [6, 6.07) is 21.9. The number of nitrogens with two attached hydrogens (primary N) is 1. The number of amides is 2. The Kier molecular flexibility index (Phi) is 5.51. The molecule has 0 spiro atoms. The lowest BCUT2D eigenvalue weighted by Gasteiger charge is -2.08. The molecule has 3 rings (SSSR count). The zero-order chi connectivity index (χ0) is 18.2. The van der Waals surface area contributed by atoms with Crippen molar-refractivity contribution < 1.29 is 4.79 Å². The predicted octanol–water partition coefficient (Wildman–Crippen LogP) is 4.40. The molecule has 7 heteroatoms. The summed E-state index contributed by atoms with van der Waals surface area (Å²) >= 11 is 0. The number of hydrogen-bond acceptors (Lipinski definition) is 5. The third kappa shape index (κ3) is 4.88. The molecule has 2 aromatic carbocycles. The number of carbonyl (C=O) groups is 1. The van der Waals surface area contributed by atoms with Gasteiger partial charge in [-0.2, -0.15) is 5.11 Å². The number of rotatable bonds is 5. The van der Waals surface area contributed by atoms with E-state index in [1.54, 1.807) is 12.1 Å². The molecular weight excluding hydrogens is 328 g/mol. The molecule has 0 saturated carbocycles. The number of nitrogens with one attached hydrogen (secondary N) is 2. The highest BCUT2D eigenvalue weighted by Crippen LogP contribution is 2.24. The maximum atomic E-state index is 11.9. The van der Waals surface area contributed by atoms with Crippen LogP contribution in [0, 0.1) is 0 Å². The van der Waals surface area contributed by atoms with Gasteiger partial charge in [0.25, 0.3) is 0 Å². The Morgan fingerprint density at radius 1 is 0.923 bits per heavy atom. The summed E-state index contributed by atoms with van der Waals surface area (Å²) in [4.78, 5) is 16.1. The van der Waals surface area contributed by atoms with Crippen molar-refractivity contribution in [3.05, 3.63) is 78.4 Å². The van der Waals surface area contributed by atoms with Crippen molar-refractivity contribution in [2.75, 3.05) is 11.1 Å². The fourth-order valence-electron chi connectivity index (χ4n) is 2.17. The molecular formula is C19H18N6O. The van der Waals surface area contributed by atoms with E-state index < -0.39 is 0 Å². The van der Waals surface area contributed by atoms with Gasteiger partial charge in [0.05, 0.1) is 5.69 Å². The molecule has 1 heterocycles. The van der Waals surface area contributed by atoms with Crippen LogP contribution >= 0.6 is 0 Å². The molecule has 3 aromatic rings. The summed E-state index contributed by atoms with van der Waals surface area (Å²) in [6.07, 6.45) is 0. The number of hydrogen-bond donors (Lipinski definition) is 3. The SMILES string of the molecule is Nc1nc(NC(=O)NCc2ccccc2)ccc1N=Nc1ccccc1. The zero-order valence-electron chi connectivity index (χ0n) is 14.0. The van der Waals surface area contributed by atoms with Crippen LogP contribution < -0.4 is 16.4 Å². The number of urea groups is 1. The summed E-state index contributed by atoms with van der Waals surface area (Å²) < 4.78 is 0. The van der Waals surface area contributed by atoms with Gasteiger partial charge < -0.3 is 11.1 Å². The van der Waals surface area contributed by atoms with Gasteiger partial charge in [-0.3, -0.25) is 5.32 Å². The van der Waals surface area contributed by atoms with E-state index in [-0.39, 0.29) is 11.8 Å². The molecule has 1 aromatic heterocycles. The first-order chi connectivity index (χ1) is 12.7. The second-order valence-electron chi connectivity index (χ2n) is 5.43. The lowest BCUT2D eigenvalue weighted by Crippen LogP contribution is -2.28. The third-order valence-corrected chi connectivity index (χ3v) is 3.47. The van der Waals surface area contributed by atoms with Crippen LogP contribution in [-0.2, 0) is 6.54 Å². The normalized spacial score (nSPS) is 10.6. The van der Waals surface area contributed by atoms with E-state index in [0.717, 1.165) is 11.3 Å². The van der Waals surface area contributed by atoms with Gasteiger partial charge in [-0.05, 0) is 29.8 Å². The Morgan fingerprint density at radius 3 is 2.31 bits per heavy atom. The van der Waals surface area contributed by atoms with Crippen molar-refractivity contribution in [2.24, 2.45) is 10.2 Å². The van der Waals surface area contributed by atoms with Crippen LogP contribution in [0.2, 0.25) is 0 Å². The van der Waals surface area contributed by atoms with E-state index in [0.29, 0.717) is 18.1 Å². The summed E-state index contributed by atoms with van der Waals surface area (Å²) in [7, 11) is 0. The first kappa shape index (κ1) is 17.1. The van der Waals surface area contributed by atoms with E-state index in [4.69, 9.17) is 5.73 Å². The molecule has 0 radical (unpaired) electrons. The molecule has 0 saturated heterocycles. The molecule has 0 aliphatic rings. The molecule has 0 atom stereocenters. The molecule has 0 aliphatic carbocycles. The van der Waals surface area contributed by atoms with Crippen molar-refractivity contribution in [1.82, 2.24) is 10.3 Å². The standard InChI is InChI=1S/C19H18N6O/c20-18-16(25-24-15-9-5-2-6-10-15)11-12-17(22-18)23-19(26)21-13-14-7-3-1-4-8-14/h1-12H,13H2,(H4,20,21,22,23,26). The quantitative estimate of drug-likeness (QED) is 0.596. The van der Waals surface area contributed by atoms with Gasteiger partial charge in [-0.25, -0.2) is 9.78 Å². The molecule has 0 unspecified atom stereocenters. The van der Waals surface area contributed by atoms with Crippen molar-refractivity contribution >= 4 is 29.0 Å². The number of pyridine rings is 1. The zero-order valence-corrected chi connectivity index (χ0v) is 14.0. The van der Waals surface area contributed by atoms with E-state index >= 15 is 0 Å². The Balaban J connectivity index is 1.58. The summed E-state index contributed by atoms with van der Waals surface area (Å²) in [5, 5.41) is 13.6. The number of azo groups is 1. The molecule has 0 bridgehead atoms. The number of nitrogens with zero attached hydrogens (tertiary/aromatic N) is 3. The highest BCUT2D eigenvalue weighted by Gasteiger charge is 2.06. The first-order valence-corrected chi connectivity index (χ1v) is 8.03. The van der Waals surface area contributed by atoms with Gasteiger partial charge in [0, 0.05) is 6.54 Å². The minimum Gasteiger partial charge on any atom is -0.382 e. The molecule has 26 heavy (non-hydrogen) atoms. The van der Waals surface area contributed by atoms with Crippen LogP contribution in [0.25, 0.3) is 0 Å². The Morgan fingerprint density at radius 2 is 1.62 bits per heavy atom. The van der Waals surface area contributed by atoms with Crippen LogP contribution in [0.1, 0.15) is 5.56 Å². The summed E-state index contributed by atoms with van der Waals surface area (Å²) in [5.41, 5.74) is 8.05. The third-order valence-electron chi connectivity index (χ3n) is 3.47. The first-order valence-electron chi connectivity index (χ1n) is 8.03. The number of anilines is 2. The number of carbonyl (C=O) groups excluding carboxylic acids is 1. The summed E-state index contributed by atoms with van der Waals surface area (Å²) in [5.74, 6) is 0.525. The minimum atomic E-state index is -0.362. The lowest BCUT2D eigenvalue weighted by molar-refractivity contribution is 0.251. The molecule has 7 nitrogen and oxygen atoms in total. The Hall–Kier alpha value is -3.74. The Bertz CT molecular complexity index is 896. The number of benzene rings is 2. The number of aromatic nitrogens is 1. The van der Waals surface area contributed by atoms with Crippen LogP contribution in [0.3, 0.4) is 0 Å². The van der Waals surface area contributed by atoms with Gasteiger partial charge in [0.2, 0.25) is 0 Å². The molecule has 4 N–H and O–H groups in total. The second kappa shape index (κ2) is 8.39. The van der Waals surface area contributed by atoms with E-state index in [9.17, 15) is 4.79 Å². The van der Waals surface area contributed by atoms with Gasteiger partial charge in [0.1, 0.15) is 11.5 Å². The molecule has 0 fully saturated rings. The average molecular weight is 346 g/mol. The maximum absolute atomic E-state index is 11.9. The summed E-state index contributed by atoms with van der Waals surface area (Å²) in [6.45, 7) is 0.422. The van der Waals surface area contributed by atoms with E-state index in [1.807, 2.05) is 60.7 Å². The van der Waals surface area contributed by atoms with Crippen molar-refractivity contribution in [3.63, 3.8) is 0 Å². The highest BCUT2D eigenvalue weighted by atomic mass is 16.2. The second-order valence-corrected chi connectivity index (χ2v) is 5.43. The molecule has 130 valence electrons. The monoisotopic (exact) mass is 346 g/mol. The Labute approximate surface area is 151 Å². The largest absolute Gasteiger partial charge is 0.382 e. The van der Waals surface area contributed by atoms with E-state index in [1.165, 1.54) is 0 Å². The van der Waals surface area contributed by atoms with Crippen molar-refractivity contribution in [3.8, 4) is 0 Å². The lowest BCUT2D eigenvalue weighted by atomic mass is 10.2. The van der Waals surface area contributed by atoms with Gasteiger partial charge in [-0.1, -0.05) is 48.5 Å². The van der Waals surface area contributed by atoms with Crippen molar-refractivity contribution in [1.29, 1.82) is 0 Å². The van der Waals surface area contributed by atoms with Crippen LogP contribution in [-0.4, -0.2) is 11.0 Å². The topological polar surface area (TPSA) is 105 Å². The van der Waals surface area contributed by atoms with Crippen LogP contribution in [0.4, 0.5) is 27.8 Å². The maximum Gasteiger partial charge on any atom is 0.320 e. The smallest absolute Gasteiger partial charge is 0.320 e. The van der Waals surface area contributed by atoms with Gasteiger partial charge >= 0.3 is 6.03 Å². The minimum absolute atomic E-state index is 0.186. The van der Waals surface area contributed by atoms with Crippen LogP contribution in [0.5, 0.6) is 0 Å². The number of nitrogen functional groups attached to an aromatic ring is 1. The molecule has 0 aliphatic heterocycles. The predicted molar refractivity (Wildman–Crippen MR) is 102 cm³/mol. The van der Waals surface area contributed by atoms with Crippen molar-refractivity contribution in [2.45, 2.75) is 6.54 Å². The fourth-order valence-corrected chi connectivity index (χ4v) is 2.17. The van der Waals surface area contributed by atoms with Gasteiger partial charge in [0.15, 0.2) is 5.82 Å². The van der Waals surface area contributed by atoms with Crippen LogP contribution in [0.15, 0.2) is 83.0 Å². The average Bonchev–Trinajstić information content (AvgIpc) is 2.67. The molecule has 2 amide bonds. The fraction of sp³-hybridized carbons (Fsp3) is 0.0526. The highest BCUT2D eigenvalue weighted by molar-refractivity contribution is 5.88. The van der Waals surface area contributed by atoms with E-state index in [2.05, 4.69) is 25.8 Å².